The van der Waals surface area contributed by atoms with E-state index in [1.807, 2.05) is 47.9 Å². The predicted octanol–water partition coefficient (Wildman–Crippen LogP) is 5.50. The Hall–Kier alpha value is -4.11. The number of nitrogens with zero attached hydrogens (tertiary/aromatic N) is 4. The number of fused-ring (bicyclic) bond motifs is 3. The highest BCUT2D eigenvalue weighted by Gasteiger charge is 2.32. The number of methoxy groups -OCH3 is 1. The van der Waals surface area contributed by atoms with Crippen molar-refractivity contribution in [1.29, 1.82) is 0 Å². The molecule has 0 saturated heterocycles. The predicted molar refractivity (Wildman–Crippen MR) is 143 cm³/mol. The zero-order valence-electron chi connectivity index (χ0n) is 21.2. The van der Waals surface area contributed by atoms with Crippen LogP contribution in [-0.4, -0.2) is 44.4 Å². The van der Waals surface area contributed by atoms with E-state index in [1.165, 1.54) is 6.92 Å². The molecule has 2 aromatic carbocycles. The fourth-order valence-electron chi connectivity index (χ4n) is 4.67. The Morgan fingerprint density at radius 1 is 1.03 bits per heavy atom. The number of benzene rings is 2. The molecular weight excluding hydrogens is 488 g/mol. The summed E-state index contributed by atoms with van der Waals surface area (Å²) in [5, 5.41) is 19.1. The molecule has 8 nitrogen and oxygen atoms in total. The summed E-state index contributed by atoms with van der Waals surface area (Å²) >= 11 is 1.63. The Morgan fingerprint density at radius 2 is 1.70 bits per heavy atom. The van der Waals surface area contributed by atoms with E-state index in [0.29, 0.717) is 23.0 Å². The highest BCUT2D eigenvalue weighted by atomic mass is 32.1. The maximum absolute atomic E-state index is 12.1. The summed E-state index contributed by atoms with van der Waals surface area (Å²) < 4.78 is 7.27. The van der Waals surface area contributed by atoms with E-state index in [0.717, 1.165) is 43.4 Å². The highest BCUT2D eigenvalue weighted by Crippen LogP contribution is 2.39. The molecule has 1 atom stereocenters. The van der Waals surface area contributed by atoms with Crippen LogP contribution in [0.4, 0.5) is 0 Å². The fourth-order valence-corrected chi connectivity index (χ4v) is 5.89. The first-order valence-corrected chi connectivity index (χ1v) is 12.6. The molecule has 0 fully saturated rings. The number of thiophene rings is 1. The Kier molecular flexibility index (Phi) is 6.25. The molecule has 0 bridgehead atoms. The summed E-state index contributed by atoms with van der Waals surface area (Å²) in [6.45, 7) is 7.52. The number of carbonyl (C=O) groups is 2. The standard InChI is InChI=1S/C28H26N4O4S/c1-14-16(3)37-28-25(14)26(29-22(13-24(34)35)27-31-30-17(4)32(27)28)19-8-6-18(7-9-19)20-10-11-23(36-5)21(12-20)15(2)33/h6-12,22H,13H2,1-5H3,(H,34,35)/t22-/m0/s1. The molecule has 2 aromatic heterocycles. The molecule has 0 amide bonds. The summed E-state index contributed by atoms with van der Waals surface area (Å²) in [7, 11) is 1.55. The van der Waals surface area contributed by atoms with Gasteiger partial charge in [-0.3, -0.25) is 19.1 Å². The van der Waals surface area contributed by atoms with E-state index in [9.17, 15) is 14.7 Å². The second-order valence-electron chi connectivity index (χ2n) is 9.04. The van der Waals surface area contributed by atoms with Gasteiger partial charge in [0.2, 0.25) is 0 Å². The number of carboxylic acids is 1. The number of carboxylic acid groups (broad SMARTS) is 1. The maximum atomic E-state index is 12.1. The van der Waals surface area contributed by atoms with Crippen LogP contribution in [0.3, 0.4) is 0 Å². The van der Waals surface area contributed by atoms with E-state index in [-0.39, 0.29) is 12.2 Å². The molecule has 0 radical (unpaired) electrons. The Bertz CT molecular complexity index is 1580. The van der Waals surface area contributed by atoms with Gasteiger partial charge in [0, 0.05) is 16.0 Å². The van der Waals surface area contributed by atoms with Crippen molar-refractivity contribution in [2.75, 3.05) is 7.11 Å². The molecule has 188 valence electrons. The van der Waals surface area contributed by atoms with E-state index in [2.05, 4.69) is 24.0 Å². The van der Waals surface area contributed by atoms with Crippen molar-refractivity contribution in [3.8, 4) is 21.9 Å². The van der Waals surface area contributed by atoms with Gasteiger partial charge < -0.3 is 9.84 Å². The summed E-state index contributed by atoms with van der Waals surface area (Å²) in [5.74, 6) is 0.757. The summed E-state index contributed by atoms with van der Waals surface area (Å²) in [6.07, 6.45) is -0.188. The molecule has 0 spiro atoms. The monoisotopic (exact) mass is 514 g/mol. The third-order valence-electron chi connectivity index (χ3n) is 6.68. The number of aryl methyl sites for hydroxylation is 2. The van der Waals surface area contributed by atoms with Crippen LogP contribution >= 0.6 is 11.3 Å². The molecule has 9 heteroatoms. The lowest BCUT2D eigenvalue weighted by molar-refractivity contribution is -0.137. The second-order valence-corrected chi connectivity index (χ2v) is 10.2. The highest BCUT2D eigenvalue weighted by molar-refractivity contribution is 7.15. The van der Waals surface area contributed by atoms with E-state index in [1.54, 1.807) is 24.5 Å². The number of aliphatic imine (C=N–C) groups is 1. The van der Waals surface area contributed by atoms with Crippen LogP contribution in [0.1, 0.15) is 63.0 Å². The van der Waals surface area contributed by atoms with E-state index < -0.39 is 12.0 Å². The number of ether oxygens (including phenoxy) is 1. The van der Waals surface area contributed by atoms with Crippen molar-refractivity contribution in [3.63, 3.8) is 0 Å². The van der Waals surface area contributed by atoms with Gasteiger partial charge in [-0.1, -0.05) is 30.3 Å². The van der Waals surface area contributed by atoms with Gasteiger partial charge in [-0.2, -0.15) is 0 Å². The maximum Gasteiger partial charge on any atom is 0.306 e. The average molecular weight is 515 g/mol. The molecule has 3 heterocycles. The molecule has 0 unspecified atom stereocenters. The first-order chi connectivity index (χ1) is 17.7. The topological polar surface area (TPSA) is 107 Å². The van der Waals surface area contributed by atoms with Crippen LogP contribution in [0.15, 0.2) is 47.5 Å². The minimum Gasteiger partial charge on any atom is -0.496 e. The largest absolute Gasteiger partial charge is 0.496 e. The van der Waals surface area contributed by atoms with Crippen molar-refractivity contribution in [2.24, 2.45) is 4.99 Å². The molecule has 1 aliphatic rings. The number of Topliss-reactive ketones (excluding diaryl/α,β-unsaturated/α-hetero) is 1. The zero-order valence-corrected chi connectivity index (χ0v) is 22.0. The average Bonchev–Trinajstić information content (AvgIpc) is 3.35. The Labute approximate surface area is 218 Å². The Balaban J connectivity index is 1.64. The van der Waals surface area contributed by atoms with Crippen molar-refractivity contribution < 1.29 is 19.4 Å². The van der Waals surface area contributed by atoms with Crippen molar-refractivity contribution in [2.45, 2.75) is 40.2 Å². The van der Waals surface area contributed by atoms with Gasteiger partial charge in [0.25, 0.3) is 0 Å². The van der Waals surface area contributed by atoms with Gasteiger partial charge in [0.05, 0.1) is 24.8 Å². The minimum absolute atomic E-state index is 0.0641. The van der Waals surface area contributed by atoms with Gasteiger partial charge in [-0.15, -0.1) is 21.5 Å². The van der Waals surface area contributed by atoms with Gasteiger partial charge >= 0.3 is 5.97 Å². The van der Waals surface area contributed by atoms with E-state index >= 15 is 0 Å². The summed E-state index contributed by atoms with van der Waals surface area (Å²) in [6, 6.07) is 12.8. The lowest BCUT2D eigenvalue weighted by atomic mass is 9.96. The minimum atomic E-state index is -0.949. The number of hydrogen-bond acceptors (Lipinski definition) is 7. The first-order valence-electron chi connectivity index (χ1n) is 11.8. The number of aliphatic carboxylic acids is 1. The number of hydrogen-bond donors (Lipinski definition) is 1. The molecule has 0 aliphatic carbocycles. The van der Waals surface area contributed by atoms with Crippen LogP contribution in [0.2, 0.25) is 0 Å². The van der Waals surface area contributed by atoms with Gasteiger partial charge in [-0.25, -0.2) is 0 Å². The number of ketones is 1. The van der Waals surface area contributed by atoms with Crippen molar-refractivity contribution in [1.82, 2.24) is 14.8 Å². The van der Waals surface area contributed by atoms with Gasteiger partial charge in [0.1, 0.15) is 22.6 Å². The van der Waals surface area contributed by atoms with Gasteiger partial charge in [-0.05, 0) is 56.5 Å². The normalized spacial score (nSPS) is 14.4. The molecule has 1 N–H and O–H groups in total. The quantitative estimate of drug-likeness (QED) is 0.341. The summed E-state index contributed by atoms with van der Waals surface area (Å²) in [5.41, 5.74) is 6.04. The third kappa shape index (κ3) is 4.25. The van der Waals surface area contributed by atoms with Crippen LogP contribution < -0.4 is 4.74 Å². The van der Waals surface area contributed by atoms with E-state index in [4.69, 9.17) is 9.73 Å². The molecular formula is C28H26N4O4S. The Morgan fingerprint density at radius 3 is 2.35 bits per heavy atom. The zero-order chi connectivity index (χ0) is 26.4. The van der Waals surface area contributed by atoms with Crippen molar-refractivity contribution in [3.05, 3.63) is 81.2 Å². The fraction of sp³-hybridized carbons (Fsp3) is 0.250. The molecule has 37 heavy (non-hydrogen) atoms. The lowest BCUT2D eigenvalue weighted by Gasteiger charge is -2.12. The number of carbonyl (C=O) groups excluding carboxylic acids is 1. The number of aromatic nitrogens is 3. The van der Waals surface area contributed by atoms with Crippen LogP contribution in [0.5, 0.6) is 5.75 Å². The molecule has 5 rings (SSSR count). The SMILES string of the molecule is COc1ccc(-c2ccc(C3=N[C@@H](CC(=O)O)c4nnc(C)n4-c4sc(C)c(C)c43)cc2)cc1C(C)=O. The summed E-state index contributed by atoms with van der Waals surface area (Å²) in [4.78, 5) is 30.0. The smallest absolute Gasteiger partial charge is 0.306 e. The second kappa shape index (κ2) is 9.40. The van der Waals surface area contributed by atoms with Crippen LogP contribution in [-0.2, 0) is 4.79 Å². The van der Waals surface area contributed by atoms with Gasteiger partial charge in [0.15, 0.2) is 11.6 Å². The molecule has 4 aromatic rings. The lowest BCUT2D eigenvalue weighted by Crippen LogP contribution is -2.10. The number of rotatable bonds is 6. The molecule has 1 aliphatic heterocycles. The first kappa shape index (κ1) is 24.6. The third-order valence-corrected chi connectivity index (χ3v) is 7.87. The molecule has 0 saturated carbocycles. The van der Waals surface area contributed by atoms with Crippen molar-refractivity contribution >= 4 is 28.8 Å². The van der Waals surface area contributed by atoms with Crippen LogP contribution in [0.25, 0.3) is 16.1 Å². The van der Waals surface area contributed by atoms with Crippen LogP contribution in [0, 0.1) is 20.8 Å².